The maximum Gasteiger partial charge on any atom is 0.338 e. The van der Waals surface area contributed by atoms with Gasteiger partial charge in [-0.2, -0.15) is 0 Å². The Balaban J connectivity index is 1.62. The van der Waals surface area contributed by atoms with E-state index in [1.807, 2.05) is 0 Å². The number of methoxy groups -OCH3 is 1. The zero-order chi connectivity index (χ0) is 16.4. The molecule has 23 heavy (non-hydrogen) atoms. The Labute approximate surface area is 138 Å². The highest BCUT2D eigenvalue weighted by atomic mass is 35.5. The van der Waals surface area contributed by atoms with Crippen LogP contribution in [0, 0.1) is 23.6 Å². The van der Waals surface area contributed by atoms with Crippen molar-refractivity contribution < 1.29 is 23.8 Å². The van der Waals surface area contributed by atoms with Crippen LogP contribution in [0.3, 0.4) is 0 Å². The van der Waals surface area contributed by atoms with Gasteiger partial charge in [0, 0.05) is 19.1 Å². The van der Waals surface area contributed by atoms with Crippen molar-refractivity contribution in [3.63, 3.8) is 0 Å². The van der Waals surface area contributed by atoms with Crippen LogP contribution >= 0.6 is 11.6 Å². The van der Waals surface area contributed by atoms with Gasteiger partial charge in [0.1, 0.15) is 17.7 Å². The summed E-state index contributed by atoms with van der Waals surface area (Å²) in [6.07, 6.45) is 4.19. The second kappa shape index (κ2) is 5.08. The van der Waals surface area contributed by atoms with E-state index in [-0.39, 0.29) is 22.5 Å². The van der Waals surface area contributed by atoms with Gasteiger partial charge < -0.3 is 14.6 Å². The van der Waals surface area contributed by atoms with Crippen molar-refractivity contribution in [3.8, 4) is 5.75 Å². The summed E-state index contributed by atoms with van der Waals surface area (Å²) in [6.45, 7) is 0. The van der Waals surface area contributed by atoms with E-state index in [1.54, 1.807) is 7.11 Å². The third-order valence-corrected chi connectivity index (χ3v) is 6.22. The molecule has 0 heterocycles. The van der Waals surface area contributed by atoms with Crippen LogP contribution in [0.25, 0.3) is 0 Å². The van der Waals surface area contributed by atoms with Crippen molar-refractivity contribution in [3.05, 3.63) is 28.5 Å². The van der Waals surface area contributed by atoms with E-state index in [0.717, 1.165) is 37.8 Å². The molecule has 1 N–H and O–H groups in total. The number of halogens is 2. The van der Waals surface area contributed by atoms with Crippen LogP contribution < -0.4 is 4.74 Å². The van der Waals surface area contributed by atoms with E-state index in [4.69, 9.17) is 26.2 Å². The van der Waals surface area contributed by atoms with Gasteiger partial charge in [0.05, 0.1) is 16.2 Å². The zero-order valence-corrected chi connectivity index (χ0v) is 13.5. The highest BCUT2D eigenvalue weighted by molar-refractivity contribution is 6.32. The molecule has 0 radical (unpaired) electrons. The molecular weight excluding hydrogens is 323 g/mol. The lowest BCUT2D eigenvalue weighted by atomic mass is 9.80. The van der Waals surface area contributed by atoms with E-state index >= 15 is 0 Å². The molecule has 0 aromatic heterocycles. The largest absolute Gasteiger partial charge is 0.488 e. The van der Waals surface area contributed by atoms with Gasteiger partial charge in [-0.05, 0) is 43.6 Å². The molecule has 1 aromatic carbocycles. The molecule has 0 aliphatic heterocycles. The Hall–Kier alpha value is -1.33. The summed E-state index contributed by atoms with van der Waals surface area (Å²) in [5.74, 6) is -0.555. The molecule has 1 aromatic rings. The van der Waals surface area contributed by atoms with Gasteiger partial charge in [-0.1, -0.05) is 11.6 Å². The first-order valence-electron chi connectivity index (χ1n) is 7.87. The fourth-order valence-electron chi connectivity index (χ4n) is 5.10. The molecule has 5 rings (SSSR count). The van der Waals surface area contributed by atoms with Crippen LogP contribution in [-0.2, 0) is 4.74 Å². The normalized spacial score (nSPS) is 37.3. The molecule has 3 unspecified atom stereocenters. The number of aromatic carboxylic acids is 1. The van der Waals surface area contributed by atoms with Crippen molar-refractivity contribution >= 4 is 17.6 Å². The summed E-state index contributed by atoms with van der Waals surface area (Å²) in [4.78, 5) is 11.0. The number of benzene rings is 1. The van der Waals surface area contributed by atoms with Crippen molar-refractivity contribution in [2.75, 3.05) is 7.11 Å². The van der Waals surface area contributed by atoms with E-state index in [2.05, 4.69) is 0 Å². The lowest BCUT2D eigenvalue weighted by molar-refractivity contribution is -0.0412. The van der Waals surface area contributed by atoms with Crippen LogP contribution in [0.15, 0.2) is 12.1 Å². The molecule has 0 amide bonds. The molecule has 0 saturated heterocycles. The SMILES string of the molecule is CO[C@]12CC3CC(C1)[C@@H](Oc1cc(F)c(C(=O)O)cc1Cl)C2C3. The standard InChI is InChI=1S/C17H18ClFO4/c1-22-17-6-8-2-9(7-17)15(11(17)3-8)23-14-5-13(19)10(16(20)21)4-12(14)18/h4-5,8-9,11,15H,2-3,6-7H2,1H3,(H,20,21)/t8?,9?,11?,15-,17-/m1/s1. The second-order valence-corrected chi connectivity index (χ2v) is 7.44. The lowest BCUT2D eigenvalue weighted by Crippen LogP contribution is -2.36. The van der Waals surface area contributed by atoms with Gasteiger partial charge >= 0.3 is 5.97 Å². The topological polar surface area (TPSA) is 55.8 Å². The molecule has 4 nitrogen and oxygen atoms in total. The molecule has 124 valence electrons. The molecule has 0 spiro atoms. The van der Waals surface area contributed by atoms with Gasteiger partial charge in [-0.15, -0.1) is 0 Å². The lowest BCUT2D eigenvalue weighted by Gasteiger charge is -2.32. The smallest absolute Gasteiger partial charge is 0.338 e. The van der Waals surface area contributed by atoms with Crippen LogP contribution in [0.2, 0.25) is 5.02 Å². The van der Waals surface area contributed by atoms with Gasteiger partial charge in [0.15, 0.2) is 0 Å². The number of carbonyl (C=O) groups is 1. The Morgan fingerprint density at radius 1 is 1.39 bits per heavy atom. The number of hydrogen-bond acceptors (Lipinski definition) is 3. The van der Waals surface area contributed by atoms with Crippen LogP contribution in [0.5, 0.6) is 5.75 Å². The zero-order valence-electron chi connectivity index (χ0n) is 12.7. The average molecular weight is 341 g/mol. The minimum atomic E-state index is -1.34. The molecule has 4 aliphatic carbocycles. The molecular formula is C17H18ClFO4. The summed E-state index contributed by atoms with van der Waals surface area (Å²) < 4.78 is 25.8. The highest BCUT2D eigenvalue weighted by Crippen LogP contribution is 2.62. The minimum absolute atomic E-state index is 0.0405. The number of ether oxygens (including phenoxy) is 2. The molecule has 5 atom stereocenters. The first-order valence-corrected chi connectivity index (χ1v) is 8.25. The number of carboxylic acids is 1. The summed E-state index contributed by atoms with van der Waals surface area (Å²) >= 11 is 6.11. The Morgan fingerprint density at radius 2 is 2.17 bits per heavy atom. The Kier molecular flexibility index (Phi) is 3.36. The summed E-state index contributed by atoms with van der Waals surface area (Å²) in [5.41, 5.74) is -0.547. The monoisotopic (exact) mass is 340 g/mol. The number of rotatable bonds is 4. The fraction of sp³-hybridized carbons (Fsp3) is 0.588. The quantitative estimate of drug-likeness (QED) is 0.906. The third kappa shape index (κ3) is 2.17. The third-order valence-electron chi connectivity index (χ3n) is 5.92. The number of carboxylic acid groups (broad SMARTS) is 1. The molecule has 4 saturated carbocycles. The Bertz CT molecular complexity index is 679. The predicted molar refractivity (Wildman–Crippen MR) is 81.5 cm³/mol. The molecule has 4 aliphatic rings. The van der Waals surface area contributed by atoms with E-state index in [9.17, 15) is 9.18 Å². The predicted octanol–water partition coefficient (Wildman–Crippen LogP) is 3.76. The van der Waals surface area contributed by atoms with Gasteiger partial charge in [-0.25, -0.2) is 9.18 Å². The van der Waals surface area contributed by atoms with E-state index < -0.39 is 17.3 Å². The van der Waals surface area contributed by atoms with Crippen LogP contribution in [0.1, 0.15) is 36.0 Å². The van der Waals surface area contributed by atoms with E-state index in [0.29, 0.717) is 17.8 Å². The first kappa shape index (κ1) is 15.2. The fourth-order valence-corrected chi connectivity index (χ4v) is 5.31. The van der Waals surface area contributed by atoms with Crippen molar-refractivity contribution in [2.24, 2.45) is 17.8 Å². The second-order valence-electron chi connectivity index (χ2n) is 7.03. The highest BCUT2D eigenvalue weighted by Gasteiger charge is 2.64. The molecule has 4 bridgehead atoms. The van der Waals surface area contributed by atoms with Gasteiger partial charge in [0.2, 0.25) is 0 Å². The van der Waals surface area contributed by atoms with Gasteiger partial charge in [0.25, 0.3) is 0 Å². The first-order chi connectivity index (χ1) is 10.9. The van der Waals surface area contributed by atoms with Crippen LogP contribution in [-0.4, -0.2) is 29.9 Å². The van der Waals surface area contributed by atoms with E-state index in [1.165, 1.54) is 0 Å². The number of hydrogen-bond donors (Lipinski definition) is 1. The average Bonchev–Trinajstić information content (AvgIpc) is 2.88. The molecule has 6 heteroatoms. The van der Waals surface area contributed by atoms with Gasteiger partial charge in [-0.3, -0.25) is 0 Å². The molecule has 4 fully saturated rings. The summed E-state index contributed by atoms with van der Waals surface area (Å²) in [5, 5.41) is 9.08. The van der Waals surface area contributed by atoms with Crippen molar-refractivity contribution in [2.45, 2.75) is 37.4 Å². The maximum absolute atomic E-state index is 13.9. The Morgan fingerprint density at radius 3 is 2.87 bits per heavy atom. The summed E-state index contributed by atoms with van der Waals surface area (Å²) in [6, 6.07) is 2.20. The van der Waals surface area contributed by atoms with Crippen molar-refractivity contribution in [1.29, 1.82) is 0 Å². The minimum Gasteiger partial charge on any atom is -0.488 e. The van der Waals surface area contributed by atoms with Crippen LogP contribution in [0.4, 0.5) is 4.39 Å². The van der Waals surface area contributed by atoms with Crippen molar-refractivity contribution in [1.82, 2.24) is 0 Å². The maximum atomic E-state index is 13.9. The summed E-state index contributed by atoms with van der Waals surface area (Å²) in [7, 11) is 1.76.